The molecule has 2 aromatic rings. The molecule has 0 amide bonds. The van der Waals surface area contributed by atoms with Crippen LogP contribution >= 0.6 is 11.6 Å². The highest BCUT2D eigenvalue weighted by atomic mass is 35.5. The molecule has 0 fully saturated rings. The first kappa shape index (κ1) is 13.6. The Morgan fingerprint density at radius 1 is 1.26 bits per heavy atom. The molecule has 1 aromatic heterocycles. The van der Waals surface area contributed by atoms with Crippen LogP contribution in [0, 0.1) is 5.82 Å². The van der Waals surface area contributed by atoms with E-state index in [9.17, 15) is 17.9 Å². The molecule has 0 saturated heterocycles. The van der Waals surface area contributed by atoms with Crippen LogP contribution in [0.2, 0.25) is 5.02 Å². The maximum Gasteiger partial charge on any atom is 0.263 e. The third-order valence-electron chi connectivity index (χ3n) is 2.19. The molecule has 0 atom stereocenters. The van der Waals surface area contributed by atoms with Crippen LogP contribution in [0.5, 0.6) is 5.75 Å². The van der Waals surface area contributed by atoms with Crippen LogP contribution in [0.1, 0.15) is 0 Å². The molecule has 0 bridgehead atoms. The van der Waals surface area contributed by atoms with Crippen molar-refractivity contribution in [2.24, 2.45) is 0 Å². The van der Waals surface area contributed by atoms with Crippen molar-refractivity contribution in [1.29, 1.82) is 0 Å². The zero-order chi connectivity index (χ0) is 14.0. The number of nitrogens with zero attached hydrogens (tertiary/aromatic N) is 1. The van der Waals surface area contributed by atoms with Gasteiger partial charge in [0.2, 0.25) is 0 Å². The second-order valence-corrected chi connectivity index (χ2v) is 5.70. The smallest absolute Gasteiger partial charge is 0.263 e. The third kappa shape index (κ3) is 3.12. The van der Waals surface area contributed by atoms with Gasteiger partial charge in [-0.25, -0.2) is 12.8 Å². The Balaban J connectivity index is 2.33. The molecule has 0 unspecified atom stereocenters. The van der Waals surface area contributed by atoms with Gasteiger partial charge in [-0.3, -0.25) is 9.71 Å². The van der Waals surface area contributed by atoms with Crippen molar-refractivity contribution >= 4 is 27.3 Å². The number of hydrogen-bond acceptors (Lipinski definition) is 4. The summed E-state index contributed by atoms with van der Waals surface area (Å²) in [6, 6.07) is 4.65. The summed E-state index contributed by atoms with van der Waals surface area (Å²) in [6.07, 6.45) is 1.92. The molecule has 0 aliphatic rings. The highest BCUT2D eigenvalue weighted by Gasteiger charge is 2.16. The van der Waals surface area contributed by atoms with E-state index in [1.807, 2.05) is 0 Å². The van der Waals surface area contributed by atoms with Gasteiger partial charge < -0.3 is 5.11 Å². The fraction of sp³-hybridized carbons (Fsp3) is 0. The summed E-state index contributed by atoms with van der Waals surface area (Å²) in [7, 11) is -3.96. The molecular formula is C11H8ClFN2O3S. The molecule has 1 aromatic carbocycles. The molecule has 0 saturated carbocycles. The van der Waals surface area contributed by atoms with Crippen LogP contribution in [0.3, 0.4) is 0 Å². The number of aromatic hydroxyl groups is 1. The summed E-state index contributed by atoms with van der Waals surface area (Å²) in [6.45, 7) is 0. The zero-order valence-electron chi connectivity index (χ0n) is 9.34. The van der Waals surface area contributed by atoms with Gasteiger partial charge in [0.05, 0.1) is 16.9 Å². The highest BCUT2D eigenvalue weighted by Crippen LogP contribution is 2.27. The van der Waals surface area contributed by atoms with Crippen molar-refractivity contribution in [3.05, 3.63) is 47.5 Å². The topological polar surface area (TPSA) is 79.3 Å². The third-order valence-corrected chi connectivity index (χ3v) is 3.84. The van der Waals surface area contributed by atoms with Crippen LogP contribution < -0.4 is 4.72 Å². The summed E-state index contributed by atoms with van der Waals surface area (Å²) in [4.78, 5) is 3.15. The van der Waals surface area contributed by atoms with Crippen molar-refractivity contribution in [1.82, 2.24) is 4.98 Å². The predicted molar refractivity (Wildman–Crippen MR) is 68.1 cm³/mol. The number of sulfonamides is 1. The Hall–Kier alpha value is -1.86. The fourth-order valence-electron chi connectivity index (χ4n) is 1.32. The maximum atomic E-state index is 12.9. The largest absolute Gasteiger partial charge is 0.506 e. The van der Waals surface area contributed by atoms with E-state index < -0.39 is 15.8 Å². The van der Waals surface area contributed by atoms with Gasteiger partial charge in [0.25, 0.3) is 10.0 Å². The van der Waals surface area contributed by atoms with E-state index in [0.717, 1.165) is 18.5 Å². The van der Waals surface area contributed by atoms with Crippen molar-refractivity contribution in [2.75, 3.05) is 4.72 Å². The van der Waals surface area contributed by atoms with Gasteiger partial charge in [-0.15, -0.1) is 0 Å². The quantitative estimate of drug-likeness (QED) is 0.853. The molecule has 19 heavy (non-hydrogen) atoms. The predicted octanol–water partition coefficient (Wildman–Crippen LogP) is 2.38. The average molecular weight is 303 g/mol. The van der Waals surface area contributed by atoms with E-state index in [0.29, 0.717) is 0 Å². The Morgan fingerprint density at radius 2 is 2.00 bits per heavy atom. The summed E-state index contributed by atoms with van der Waals surface area (Å²) in [5.74, 6) is -0.927. The minimum atomic E-state index is -3.96. The van der Waals surface area contributed by atoms with Gasteiger partial charge in [-0.05, 0) is 24.3 Å². The zero-order valence-corrected chi connectivity index (χ0v) is 10.9. The molecule has 0 radical (unpaired) electrons. The van der Waals surface area contributed by atoms with Gasteiger partial charge in [0.15, 0.2) is 0 Å². The molecule has 100 valence electrons. The number of nitrogens with one attached hydrogen (secondary N) is 1. The van der Waals surface area contributed by atoms with Gasteiger partial charge in [0, 0.05) is 6.20 Å². The molecule has 8 heteroatoms. The van der Waals surface area contributed by atoms with Gasteiger partial charge in [0.1, 0.15) is 16.5 Å². The summed E-state index contributed by atoms with van der Waals surface area (Å²) < 4.78 is 39.0. The first-order valence-electron chi connectivity index (χ1n) is 5.00. The Bertz CT molecular complexity index is 722. The average Bonchev–Trinajstić information content (AvgIpc) is 2.33. The molecule has 2 rings (SSSR count). The molecule has 0 aliphatic heterocycles. The van der Waals surface area contributed by atoms with E-state index >= 15 is 0 Å². The number of hydrogen-bond donors (Lipinski definition) is 2. The van der Waals surface area contributed by atoms with Crippen LogP contribution in [0.4, 0.5) is 10.1 Å². The number of phenolic OH excluding ortho intramolecular Hbond substituents is 1. The van der Waals surface area contributed by atoms with Gasteiger partial charge >= 0.3 is 0 Å². The van der Waals surface area contributed by atoms with Crippen molar-refractivity contribution in [2.45, 2.75) is 4.90 Å². The summed E-state index contributed by atoms with van der Waals surface area (Å²) >= 11 is 5.66. The molecule has 5 nitrogen and oxygen atoms in total. The SMILES string of the molecule is O=S(=O)(Nc1ccc(O)c(Cl)c1)c1cncc(F)c1. The molecule has 0 spiro atoms. The number of phenols is 1. The monoisotopic (exact) mass is 302 g/mol. The van der Waals surface area contributed by atoms with Crippen LogP contribution in [-0.2, 0) is 10.0 Å². The lowest BCUT2D eigenvalue weighted by atomic mass is 10.3. The summed E-state index contributed by atoms with van der Waals surface area (Å²) in [5, 5.41) is 9.22. The van der Waals surface area contributed by atoms with E-state index in [4.69, 9.17) is 11.6 Å². The van der Waals surface area contributed by atoms with E-state index in [2.05, 4.69) is 9.71 Å². The lowest BCUT2D eigenvalue weighted by molar-refractivity contribution is 0.475. The van der Waals surface area contributed by atoms with E-state index in [1.54, 1.807) is 0 Å². The lowest BCUT2D eigenvalue weighted by Crippen LogP contribution is -2.13. The van der Waals surface area contributed by atoms with Gasteiger partial charge in [-0.1, -0.05) is 11.6 Å². The standard InChI is InChI=1S/C11H8ClFN2O3S/c12-10-4-8(1-2-11(10)16)15-19(17,18)9-3-7(13)5-14-6-9/h1-6,15-16H. The van der Waals surface area contributed by atoms with Crippen molar-refractivity contribution in [3.8, 4) is 5.75 Å². The van der Waals surface area contributed by atoms with Crippen LogP contribution in [0.15, 0.2) is 41.6 Å². The summed E-state index contributed by atoms with van der Waals surface area (Å²) in [5.41, 5.74) is 0.145. The lowest BCUT2D eigenvalue weighted by Gasteiger charge is -2.08. The normalized spacial score (nSPS) is 11.3. The molecule has 2 N–H and O–H groups in total. The number of anilines is 1. The molecule has 0 aliphatic carbocycles. The number of benzene rings is 1. The number of rotatable bonds is 3. The highest BCUT2D eigenvalue weighted by molar-refractivity contribution is 7.92. The number of halogens is 2. The second kappa shape index (κ2) is 5.02. The van der Waals surface area contributed by atoms with Gasteiger partial charge in [-0.2, -0.15) is 0 Å². The fourth-order valence-corrected chi connectivity index (χ4v) is 2.53. The Labute approximate surface area is 113 Å². The second-order valence-electron chi connectivity index (χ2n) is 3.61. The molecule has 1 heterocycles. The van der Waals surface area contributed by atoms with Crippen molar-refractivity contribution in [3.63, 3.8) is 0 Å². The van der Waals surface area contributed by atoms with Crippen LogP contribution in [-0.4, -0.2) is 18.5 Å². The van der Waals surface area contributed by atoms with E-state index in [-0.39, 0.29) is 21.4 Å². The Kier molecular flexibility index (Phi) is 3.59. The number of aromatic nitrogens is 1. The Morgan fingerprint density at radius 3 is 2.63 bits per heavy atom. The first-order valence-corrected chi connectivity index (χ1v) is 6.86. The molecular weight excluding hydrogens is 295 g/mol. The van der Waals surface area contributed by atoms with Crippen molar-refractivity contribution < 1.29 is 17.9 Å². The van der Waals surface area contributed by atoms with Crippen LogP contribution in [0.25, 0.3) is 0 Å². The number of pyridine rings is 1. The minimum absolute atomic E-state index is 0.00225. The first-order chi connectivity index (χ1) is 8.88. The maximum absolute atomic E-state index is 12.9. The minimum Gasteiger partial charge on any atom is -0.506 e. The van der Waals surface area contributed by atoms with E-state index in [1.165, 1.54) is 18.2 Å².